The van der Waals surface area contributed by atoms with Crippen molar-refractivity contribution in [2.75, 3.05) is 40.0 Å². The fourth-order valence-corrected chi connectivity index (χ4v) is 1.69. The van der Waals surface area contributed by atoms with Crippen molar-refractivity contribution in [3.8, 4) is 0 Å². The molecule has 0 aliphatic carbocycles. The molecular weight excluding hydrogens is 198 g/mol. The van der Waals surface area contributed by atoms with E-state index in [1.807, 2.05) is 4.90 Å². The molecule has 0 amide bonds. The second-order valence-corrected chi connectivity index (χ2v) is 3.66. The maximum absolute atomic E-state index is 10.9. The van der Waals surface area contributed by atoms with Gasteiger partial charge in [-0.05, 0) is 19.4 Å². The number of rotatable bonds is 6. The monoisotopic (exact) mass is 217 g/mol. The van der Waals surface area contributed by atoms with Gasteiger partial charge in [-0.15, -0.1) is 0 Å². The first-order chi connectivity index (χ1) is 7.25. The van der Waals surface area contributed by atoms with E-state index in [2.05, 4.69) is 0 Å². The highest BCUT2D eigenvalue weighted by molar-refractivity contribution is 5.73. The van der Waals surface area contributed by atoms with Crippen LogP contribution >= 0.6 is 0 Å². The summed E-state index contributed by atoms with van der Waals surface area (Å²) < 4.78 is 10.1. The van der Waals surface area contributed by atoms with Crippen LogP contribution in [-0.2, 0) is 14.3 Å². The lowest BCUT2D eigenvalue weighted by atomic mass is 10.2. The van der Waals surface area contributed by atoms with Gasteiger partial charge in [-0.25, -0.2) is 0 Å². The zero-order chi connectivity index (χ0) is 11.1. The first-order valence-electron chi connectivity index (χ1n) is 5.29. The molecule has 1 fully saturated rings. The summed E-state index contributed by atoms with van der Waals surface area (Å²) in [5.74, 6) is -0.790. The number of carboxylic acids is 1. The van der Waals surface area contributed by atoms with Gasteiger partial charge in [0.25, 0.3) is 0 Å². The zero-order valence-electron chi connectivity index (χ0n) is 9.15. The Balaban J connectivity index is 2.26. The van der Waals surface area contributed by atoms with Crippen molar-refractivity contribution in [2.24, 2.45) is 0 Å². The summed E-state index contributed by atoms with van der Waals surface area (Å²) in [5, 5.41) is 8.97. The van der Waals surface area contributed by atoms with Gasteiger partial charge in [0.05, 0.1) is 13.2 Å². The smallest absolute Gasteiger partial charge is 0.323 e. The molecule has 1 aliphatic heterocycles. The molecule has 1 unspecified atom stereocenters. The minimum Gasteiger partial charge on any atom is -0.480 e. The molecule has 0 aromatic carbocycles. The molecule has 0 spiro atoms. The summed E-state index contributed by atoms with van der Waals surface area (Å²) in [5.41, 5.74) is 0. The molecule has 1 N–H and O–H groups in total. The lowest BCUT2D eigenvalue weighted by Gasteiger charge is -2.32. The van der Waals surface area contributed by atoms with E-state index in [-0.39, 0.29) is 0 Å². The van der Waals surface area contributed by atoms with E-state index in [1.54, 1.807) is 7.11 Å². The molecular formula is C10H19NO4. The Hall–Kier alpha value is -0.650. The predicted molar refractivity (Wildman–Crippen MR) is 54.9 cm³/mol. The average molecular weight is 217 g/mol. The van der Waals surface area contributed by atoms with Gasteiger partial charge >= 0.3 is 5.97 Å². The second-order valence-electron chi connectivity index (χ2n) is 3.66. The Morgan fingerprint density at radius 1 is 1.60 bits per heavy atom. The molecule has 1 atom stereocenters. The van der Waals surface area contributed by atoms with Crippen molar-refractivity contribution < 1.29 is 19.4 Å². The topological polar surface area (TPSA) is 59.0 Å². The number of hydrogen-bond acceptors (Lipinski definition) is 4. The molecule has 0 aromatic heterocycles. The third-order valence-electron chi connectivity index (χ3n) is 2.57. The van der Waals surface area contributed by atoms with Gasteiger partial charge in [0.15, 0.2) is 0 Å². The van der Waals surface area contributed by atoms with Gasteiger partial charge in [0, 0.05) is 20.3 Å². The third-order valence-corrected chi connectivity index (χ3v) is 2.57. The van der Waals surface area contributed by atoms with Crippen molar-refractivity contribution in [1.82, 2.24) is 4.90 Å². The Bertz CT molecular complexity index is 198. The second kappa shape index (κ2) is 6.76. The largest absolute Gasteiger partial charge is 0.480 e. The van der Waals surface area contributed by atoms with Gasteiger partial charge < -0.3 is 14.6 Å². The number of morpholine rings is 1. The minimum absolute atomic E-state index is 0.305. The highest BCUT2D eigenvalue weighted by Gasteiger charge is 2.28. The average Bonchev–Trinajstić information content (AvgIpc) is 2.25. The summed E-state index contributed by atoms with van der Waals surface area (Å²) >= 11 is 0. The number of aliphatic carboxylic acids is 1. The molecule has 15 heavy (non-hydrogen) atoms. The number of unbranched alkanes of at least 4 members (excludes halogenated alkanes) is 1. The van der Waals surface area contributed by atoms with Crippen molar-refractivity contribution >= 4 is 5.97 Å². The van der Waals surface area contributed by atoms with Crippen molar-refractivity contribution in [1.29, 1.82) is 0 Å². The van der Waals surface area contributed by atoms with Crippen LogP contribution in [0.4, 0.5) is 0 Å². The number of methoxy groups -OCH3 is 1. The van der Waals surface area contributed by atoms with E-state index in [0.717, 1.165) is 26.0 Å². The Morgan fingerprint density at radius 3 is 3.07 bits per heavy atom. The van der Waals surface area contributed by atoms with Gasteiger partial charge in [0.2, 0.25) is 0 Å². The fraction of sp³-hybridized carbons (Fsp3) is 0.900. The number of carboxylic acid groups (broad SMARTS) is 1. The SMILES string of the molecule is COCCCCN1CCOCC1C(=O)O. The van der Waals surface area contributed by atoms with E-state index in [1.165, 1.54) is 0 Å². The lowest BCUT2D eigenvalue weighted by molar-refractivity contribution is -0.149. The van der Waals surface area contributed by atoms with E-state index >= 15 is 0 Å². The Morgan fingerprint density at radius 2 is 2.40 bits per heavy atom. The molecule has 0 aromatic rings. The summed E-state index contributed by atoms with van der Waals surface area (Å²) in [4.78, 5) is 12.9. The van der Waals surface area contributed by atoms with Crippen LogP contribution in [0.25, 0.3) is 0 Å². The number of nitrogens with zero attached hydrogens (tertiary/aromatic N) is 1. The van der Waals surface area contributed by atoms with Crippen molar-refractivity contribution in [3.05, 3.63) is 0 Å². The van der Waals surface area contributed by atoms with E-state index in [0.29, 0.717) is 19.8 Å². The molecule has 1 aliphatic rings. The normalized spacial score (nSPS) is 22.9. The van der Waals surface area contributed by atoms with Gasteiger partial charge in [-0.1, -0.05) is 0 Å². The highest BCUT2D eigenvalue weighted by atomic mass is 16.5. The molecule has 0 saturated carbocycles. The quantitative estimate of drug-likeness (QED) is 0.644. The van der Waals surface area contributed by atoms with Crippen molar-refractivity contribution in [3.63, 3.8) is 0 Å². The maximum Gasteiger partial charge on any atom is 0.323 e. The van der Waals surface area contributed by atoms with Crippen LogP contribution in [0.2, 0.25) is 0 Å². The first-order valence-corrected chi connectivity index (χ1v) is 5.29. The van der Waals surface area contributed by atoms with Crippen LogP contribution in [0.5, 0.6) is 0 Å². The van der Waals surface area contributed by atoms with Crippen LogP contribution in [0.3, 0.4) is 0 Å². The Labute approximate surface area is 90.0 Å². The molecule has 0 radical (unpaired) electrons. The molecule has 88 valence electrons. The number of ether oxygens (including phenoxy) is 2. The molecule has 1 saturated heterocycles. The van der Waals surface area contributed by atoms with Gasteiger partial charge in [-0.3, -0.25) is 9.69 Å². The minimum atomic E-state index is -0.790. The number of carbonyl (C=O) groups is 1. The van der Waals surface area contributed by atoms with Crippen LogP contribution in [-0.4, -0.2) is 62.0 Å². The van der Waals surface area contributed by atoms with Crippen molar-refractivity contribution in [2.45, 2.75) is 18.9 Å². The maximum atomic E-state index is 10.9. The molecule has 5 heteroatoms. The summed E-state index contributed by atoms with van der Waals surface area (Å²) in [6.45, 7) is 3.20. The summed E-state index contributed by atoms with van der Waals surface area (Å²) in [7, 11) is 1.68. The Kier molecular flexibility index (Phi) is 5.60. The van der Waals surface area contributed by atoms with Gasteiger partial charge in [-0.2, -0.15) is 0 Å². The van der Waals surface area contributed by atoms with Crippen LogP contribution in [0.1, 0.15) is 12.8 Å². The van der Waals surface area contributed by atoms with Crippen LogP contribution < -0.4 is 0 Å². The lowest BCUT2D eigenvalue weighted by Crippen LogP contribution is -2.50. The van der Waals surface area contributed by atoms with E-state index in [4.69, 9.17) is 14.6 Å². The number of hydrogen-bond donors (Lipinski definition) is 1. The predicted octanol–water partition coefficient (Wildman–Crippen LogP) is 0.198. The summed E-state index contributed by atoms with van der Waals surface area (Å²) in [6, 6.07) is -0.471. The zero-order valence-corrected chi connectivity index (χ0v) is 9.15. The van der Waals surface area contributed by atoms with E-state index < -0.39 is 12.0 Å². The van der Waals surface area contributed by atoms with Gasteiger partial charge in [0.1, 0.15) is 6.04 Å². The van der Waals surface area contributed by atoms with E-state index in [9.17, 15) is 4.79 Å². The fourth-order valence-electron chi connectivity index (χ4n) is 1.69. The highest BCUT2D eigenvalue weighted by Crippen LogP contribution is 2.08. The van der Waals surface area contributed by atoms with Crippen LogP contribution in [0, 0.1) is 0 Å². The molecule has 1 heterocycles. The molecule has 5 nitrogen and oxygen atoms in total. The molecule has 1 rings (SSSR count). The van der Waals surface area contributed by atoms with Crippen LogP contribution in [0.15, 0.2) is 0 Å². The summed E-state index contributed by atoms with van der Waals surface area (Å²) in [6.07, 6.45) is 1.94. The first kappa shape index (κ1) is 12.4. The third kappa shape index (κ3) is 4.15. The molecule has 0 bridgehead atoms. The standard InChI is InChI=1S/C10H19NO4/c1-14-6-3-2-4-11-5-7-15-8-9(11)10(12)13/h9H,2-8H2,1H3,(H,12,13).